The van der Waals surface area contributed by atoms with Crippen LogP contribution < -0.4 is 5.32 Å². The molecule has 69 heavy (non-hydrogen) atoms. The predicted octanol–water partition coefficient (Wildman–Crippen LogP) is 6.82. The number of nitrogens with zero attached hydrogens (tertiary/aromatic N) is 3. The van der Waals surface area contributed by atoms with Crippen LogP contribution in [0.3, 0.4) is 0 Å². The maximum Gasteiger partial charge on any atom is 0.310 e. The summed E-state index contributed by atoms with van der Waals surface area (Å²) in [5.74, 6) is -4.39. The minimum absolute atomic E-state index is 0.00159. The van der Waals surface area contributed by atoms with Crippen LogP contribution in [0.5, 0.6) is 0 Å². The van der Waals surface area contributed by atoms with E-state index in [0.717, 1.165) is 37.7 Å². The summed E-state index contributed by atoms with van der Waals surface area (Å²) in [5, 5.41) is 2.86. The van der Waals surface area contributed by atoms with E-state index in [2.05, 4.69) is 5.32 Å². The van der Waals surface area contributed by atoms with E-state index in [9.17, 15) is 38.4 Å². The fourth-order valence-electron chi connectivity index (χ4n) is 10.4. The van der Waals surface area contributed by atoms with Gasteiger partial charge in [0.25, 0.3) is 11.8 Å². The van der Waals surface area contributed by atoms with Crippen LogP contribution in [0.25, 0.3) is 0 Å². The van der Waals surface area contributed by atoms with Crippen LogP contribution >= 0.6 is 0 Å². The number of esters is 1. The SMILES string of the molecule is CO[C@H]([C@@H](C)C(=O)C[C@@H](Cc1ccccc1)C(=O)OC(C)(C)C)[C@@H]1CCCN1C(=O)C[C@@H](OC)[C@H](C1CCCC1)N(C)C(=O)[C@@H](CC(=O)C(C)(C)NC(=O)CCCCCN1C(=O)C=CC1=O)C(C)C. The Kier molecular flexibility index (Phi) is 21.3. The molecule has 384 valence electrons. The largest absolute Gasteiger partial charge is 0.460 e. The summed E-state index contributed by atoms with van der Waals surface area (Å²) in [5.41, 5.74) is -1.05. The van der Waals surface area contributed by atoms with Gasteiger partial charge in [-0.3, -0.25) is 43.3 Å². The Morgan fingerprint density at radius 2 is 1.45 bits per heavy atom. The predicted molar refractivity (Wildman–Crippen MR) is 262 cm³/mol. The highest BCUT2D eigenvalue weighted by Gasteiger charge is 2.45. The lowest BCUT2D eigenvalue weighted by atomic mass is 9.82. The molecule has 2 fully saturated rings. The van der Waals surface area contributed by atoms with Crippen LogP contribution in [0.2, 0.25) is 0 Å². The standard InChI is InChI=1S/C54H82N4O11/c1-35(2)40(33-44(60)54(7,8)55-45(61)26-16-13-19-29-58-46(62)27-28-47(58)63)51(65)56(9)49(38-23-17-18-24-38)43(67-10)34-48(64)57-30-20-25-41(57)50(68-11)36(3)42(59)32-39(52(66)69-53(4,5)6)31-37-21-14-12-15-22-37/h12,14-15,21-22,27-28,35-36,38-41,43,49-50H,13,16-20,23-26,29-34H2,1-11H3,(H,55,61)/t36-,39+,40-,41-,43+,49-,50+/m0/s1. The van der Waals surface area contributed by atoms with Crippen molar-refractivity contribution < 1.29 is 52.6 Å². The summed E-state index contributed by atoms with van der Waals surface area (Å²) in [6, 6.07) is 8.71. The molecule has 2 aliphatic heterocycles. The Labute approximate surface area is 411 Å². The highest BCUT2D eigenvalue weighted by molar-refractivity contribution is 6.12. The molecule has 3 aliphatic rings. The van der Waals surface area contributed by atoms with E-state index in [1.165, 1.54) is 17.1 Å². The maximum absolute atomic E-state index is 14.7. The molecule has 0 radical (unpaired) electrons. The summed E-state index contributed by atoms with van der Waals surface area (Å²) in [7, 11) is 4.87. The average Bonchev–Trinajstić information content (AvgIpc) is 4.07. The van der Waals surface area contributed by atoms with Crippen molar-refractivity contribution in [3.8, 4) is 0 Å². The first-order valence-corrected chi connectivity index (χ1v) is 25.3. The quantitative estimate of drug-likeness (QED) is 0.0554. The van der Waals surface area contributed by atoms with Crippen LogP contribution in [0, 0.1) is 29.6 Å². The van der Waals surface area contributed by atoms with Crippen molar-refractivity contribution in [2.75, 3.05) is 34.4 Å². The lowest BCUT2D eigenvalue weighted by Gasteiger charge is -2.41. The minimum atomic E-state index is -1.24. The van der Waals surface area contributed by atoms with Crippen molar-refractivity contribution in [1.29, 1.82) is 0 Å². The van der Waals surface area contributed by atoms with E-state index in [4.69, 9.17) is 14.2 Å². The summed E-state index contributed by atoms with van der Waals surface area (Å²) < 4.78 is 18.0. The summed E-state index contributed by atoms with van der Waals surface area (Å²) in [4.78, 5) is 112. The first-order chi connectivity index (χ1) is 32.5. The topological polar surface area (TPSA) is 186 Å². The van der Waals surface area contributed by atoms with Gasteiger partial charge in [0.15, 0.2) is 5.78 Å². The first-order valence-electron chi connectivity index (χ1n) is 25.3. The van der Waals surface area contributed by atoms with E-state index in [1.54, 1.807) is 72.6 Å². The Balaban J connectivity index is 1.42. The zero-order chi connectivity index (χ0) is 51.2. The summed E-state index contributed by atoms with van der Waals surface area (Å²) in [6.45, 7) is 15.1. The first kappa shape index (κ1) is 56.8. The normalized spacial score (nSPS) is 19.3. The molecule has 0 bridgehead atoms. The smallest absolute Gasteiger partial charge is 0.310 e. The molecule has 1 aromatic carbocycles. The van der Waals surface area contributed by atoms with Gasteiger partial charge in [-0.2, -0.15) is 0 Å². The van der Waals surface area contributed by atoms with E-state index in [0.29, 0.717) is 38.6 Å². The molecule has 1 saturated carbocycles. The molecule has 1 aromatic rings. The molecule has 1 aliphatic carbocycles. The van der Waals surface area contributed by atoms with Gasteiger partial charge in [0.1, 0.15) is 11.4 Å². The highest BCUT2D eigenvalue weighted by Crippen LogP contribution is 2.36. The number of ether oxygens (including phenoxy) is 3. The Morgan fingerprint density at radius 1 is 0.812 bits per heavy atom. The number of Topliss-reactive ketones (excluding diaryl/α,β-unsaturated/α-hetero) is 2. The number of benzene rings is 1. The molecule has 0 spiro atoms. The number of rotatable bonds is 27. The monoisotopic (exact) mass is 963 g/mol. The van der Waals surface area contributed by atoms with Crippen molar-refractivity contribution in [3.05, 3.63) is 48.0 Å². The van der Waals surface area contributed by atoms with Crippen LogP contribution in [0.15, 0.2) is 42.5 Å². The Morgan fingerprint density at radius 3 is 2.03 bits per heavy atom. The lowest BCUT2D eigenvalue weighted by molar-refractivity contribution is -0.161. The van der Waals surface area contributed by atoms with E-state index < -0.39 is 59.2 Å². The lowest BCUT2D eigenvalue weighted by Crippen LogP contribution is -2.55. The third kappa shape index (κ3) is 16.1. The maximum atomic E-state index is 14.7. The van der Waals surface area contributed by atoms with Crippen molar-refractivity contribution >= 4 is 47.1 Å². The average molecular weight is 963 g/mol. The number of imide groups is 1. The van der Waals surface area contributed by atoms with Crippen molar-refractivity contribution in [2.45, 2.75) is 181 Å². The number of amides is 5. The molecular formula is C54H82N4O11. The molecule has 2 heterocycles. The van der Waals surface area contributed by atoms with Crippen molar-refractivity contribution in [1.82, 2.24) is 20.0 Å². The zero-order valence-electron chi connectivity index (χ0n) is 43.4. The van der Waals surface area contributed by atoms with Crippen LogP contribution in [-0.4, -0.2) is 132 Å². The van der Waals surface area contributed by atoms with E-state index in [1.807, 2.05) is 44.2 Å². The molecule has 4 rings (SSSR count). The number of nitrogens with one attached hydrogen (secondary N) is 1. The molecule has 5 amide bonds. The number of likely N-dealkylation sites (N-methyl/N-ethyl adjacent to an activating group) is 1. The van der Waals surface area contributed by atoms with E-state index in [-0.39, 0.29) is 85.2 Å². The van der Waals surface area contributed by atoms with Crippen molar-refractivity contribution in [2.24, 2.45) is 29.6 Å². The number of methoxy groups -OCH3 is 2. The van der Waals surface area contributed by atoms with Gasteiger partial charge in [-0.1, -0.05) is 70.4 Å². The molecule has 1 saturated heterocycles. The molecule has 15 heteroatoms. The van der Waals surface area contributed by atoms with E-state index >= 15 is 0 Å². The number of carbonyl (C=O) groups is 8. The number of unbranched alkanes of at least 4 members (excludes halogenated alkanes) is 2. The van der Waals surface area contributed by atoms with Crippen LogP contribution in [0.4, 0.5) is 0 Å². The highest BCUT2D eigenvalue weighted by atomic mass is 16.6. The number of carbonyl (C=O) groups excluding carboxylic acids is 8. The second-order valence-corrected chi connectivity index (χ2v) is 21.5. The molecule has 1 N–H and O–H groups in total. The third-order valence-electron chi connectivity index (χ3n) is 14.4. The second kappa shape index (κ2) is 25.9. The minimum Gasteiger partial charge on any atom is -0.460 e. The van der Waals surface area contributed by atoms with Gasteiger partial charge in [0.2, 0.25) is 17.7 Å². The van der Waals surface area contributed by atoms with Gasteiger partial charge >= 0.3 is 5.97 Å². The fourth-order valence-corrected chi connectivity index (χ4v) is 10.4. The number of likely N-dealkylation sites (tertiary alicyclic amines) is 1. The van der Waals surface area contributed by atoms with Gasteiger partial charge in [-0.25, -0.2) is 0 Å². The van der Waals surface area contributed by atoms with Gasteiger partial charge in [0.05, 0.1) is 42.2 Å². The van der Waals surface area contributed by atoms with Crippen molar-refractivity contribution in [3.63, 3.8) is 0 Å². The summed E-state index contributed by atoms with van der Waals surface area (Å²) in [6.07, 6.45) is 8.32. The van der Waals surface area contributed by atoms with Gasteiger partial charge in [-0.15, -0.1) is 0 Å². The van der Waals surface area contributed by atoms with Gasteiger partial charge < -0.3 is 29.3 Å². The fraction of sp³-hybridized carbons (Fsp3) is 0.704. The Hall–Kier alpha value is -4.76. The van der Waals surface area contributed by atoms with Crippen LogP contribution in [-0.2, 0) is 59.0 Å². The molecule has 0 unspecified atom stereocenters. The zero-order valence-corrected chi connectivity index (χ0v) is 43.4. The molecule has 0 aromatic heterocycles. The number of hydrogen-bond acceptors (Lipinski definition) is 11. The number of ketones is 2. The second-order valence-electron chi connectivity index (χ2n) is 21.5. The number of hydrogen-bond donors (Lipinski definition) is 1. The van der Waals surface area contributed by atoms with Gasteiger partial charge in [-0.05, 0) is 97.0 Å². The molecular weight excluding hydrogens is 881 g/mol. The molecule has 7 atom stereocenters. The Bertz CT molecular complexity index is 1950. The van der Waals surface area contributed by atoms with Crippen LogP contribution in [0.1, 0.15) is 144 Å². The van der Waals surface area contributed by atoms with Gasteiger partial charge in [0, 0.05) is 77.6 Å². The third-order valence-corrected chi connectivity index (χ3v) is 14.4. The molecule has 15 nitrogen and oxygen atoms in total. The summed E-state index contributed by atoms with van der Waals surface area (Å²) >= 11 is 0.